The fraction of sp³-hybridized carbons (Fsp3) is 0.265. The monoisotopic (exact) mass is 580 g/mol. The van der Waals surface area contributed by atoms with Crippen molar-refractivity contribution in [2.24, 2.45) is 5.92 Å². The molecule has 4 amide bonds. The van der Waals surface area contributed by atoms with Gasteiger partial charge in [0.2, 0.25) is 23.5 Å². The van der Waals surface area contributed by atoms with E-state index in [-0.39, 0.29) is 25.3 Å². The van der Waals surface area contributed by atoms with Gasteiger partial charge in [0.1, 0.15) is 6.04 Å². The van der Waals surface area contributed by atoms with Crippen LogP contribution < -0.4 is 21.3 Å². The molecular formula is C34H36N4O5. The maximum atomic E-state index is 13.7. The van der Waals surface area contributed by atoms with Crippen LogP contribution in [0.5, 0.6) is 0 Å². The maximum Gasteiger partial charge on any atom is 0.289 e. The van der Waals surface area contributed by atoms with E-state index in [0.29, 0.717) is 13.0 Å². The predicted octanol–water partition coefficient (Wildman–Crippen LogP) is 2.71. The van der Waals surface area contributed by atoms with Crippen molar-refractivity contribution < 1.29 is 24.0 Å². The summed E-state index contributed by atoms with van der Waals surface area (Å²) in [6.07, 6.45) is 4.36. The first-order chi connectivity index (χ1) is 20.9. The Kier molecular flexibility index (Phi) is 11.4. The summed E-state index contributed by atoms with van der Waals surface area (Å²) in [5.74, 6) is -3.59. The fourth-order valence-corrected chi connectivity index (χ4v) is 4.89. The molecule has 4 rings (SSSR count). The number of piperidine rings is 1. The van der Waals surface area contributed by atoms with Gasteiger partial charge in [-0.1, -0.05) is 91.0 Å². The molecule has 0 unspecified atom stereocenters. The van der Waals surface area contributed by atoms with Crippen LogP contribution in [0.2, 0.25) is 0 Å². The molecule has 3 aromatic carbocycles. The van der Waals surface area contributed by atoms with Gasteiger partial charge in [0.05, 0.1) is 6.04 Å². The summed E-state index contributed by atoms with van der Waals surface area (Å²) in [6.45, 7) is 0.677. The Morgan fingerprint density at radius 2 is 1.44 bits per heavy atom. The van der Waals surface area contributed by atoms with Gasteiger partial charge in [-0.25, -0.2) is 0 Å². The summed E-state index contributed by atoms with van der Waals surface area (Å²) in [5.41, 5.74) is 2.43. The third-order valence-electron chi connectivity index (χ3n) is 7.21. The van der Waals surface area contributed by atoms with Crippen molar-refractivity contribution in [3.8, 4) is 0 Å². The molecule has 9 heteroatoms. The van der Waals surface area contributed by atoms with Crippen molar-refractivity contribution in [1.82, 2.24) is 21.3 Å². The molecule has 1 saturated heterocycles. The van der Waals surface area contributed by atoms with Crippen LogP contribution in [0.1, 0.15) is 36.0 Å². The standard InChI is InChI=1S/C34H36N4O5/c39-30(19-18-24-11-4-1-5-12-24)37-29(21-25-13-6-2-7-14-25)33(42)38-28(22-27-17-10-20-35-32(27)41)31(40)34(43)36-23-26-15-8-3-9-16-26/h1-9,11-16,18-19,27-29H,10,17,20-23H2,(H,35,41)(H,36,43)(H,37,39)(H,38,42)/b19-18+/t27-,28-,29-/m0/s1. The zero-order chi connectivity index (χ0) is 30.4. The smallest absolute Gasteiger partial charge is 0.289 e. The van der Waals surface area contributed by atoms with Crippen LogP contribution in [0, 0.1) is 5.92 Å². The highest BCUT2D eigenvalue weighted by Crippen LogP contribution is 2.18. The quantitative estimate of drug-likeness (QED) is 0.182. The van der Waals surface area contributed by atoms with E-state index in [0.717, 1.165) is 23.1 Å². The van der Waals surface area contributed by atoms with Crippen molar-refractivity contribution >= 4 is 35.5 Å². The van der Waals surface area contributed by atoms with Crippen LogP contribution in [0.15, 0.2) is 97.1 Å². The molecule has 9 nitrogen and oxygen atoms in total. The SMILES string of the molecule is O=C(/C=C/c1ccccc1)N[C@@H](Cc1ccccc1)C(=O)N[C@@H](C[C@@H]1CCCNC1=O)C(=O)C(=O)NCc1ccccc1. The molecule has 43 heavy (non-hydrogen) atoms. The molecule has 1 aliphatic heterocycles. The Balaban J connectivity index is 1.50. The lowest BCUT2D eigenvalue weighted by Gasteiger charge is -2.27. The second-order valence-corrected chi connectivity index (χ2v) is 10.5. The largest absolute Gasteiger partial charge is 0.356 e. The first-order valence-electron chi connectivity index (χ1n) is 14.4. The van der Waals surface area contributed by atoms with Gasteiger partial charge >= 0.3 is 0 Å². The highest BCUT2D eigenvalue weighted by Gasteiger charge is 2.34. The van der Waals surface area contributed by atoms with Gasteiger partial charge in [0.25, 0.3) is 5.91 Å². The van der Waals surface area contributed by atoms with Gasteiger partial charge in [-0.15, -0.1) is 0 Å². The number of amides is 4. The van der Waals surface area contributed by atoms with Gasteiger partial charge in [-0.05, 0) is 42.0 Å². The van der Waals surface area contributed by atoms with Crippen LogP contribution in [-0.2, 0) is 36.9 Å². The second-order valence-electron chi connectivity index (χ2n) is 10.5. The van der Waals surface area contributed by atoms with E-state index in [1.807, 2.05) is 91.0 Å². The summed E-state index contributed by atoms with van der Waals surface area (Å²) in [4.78, 5) is 65.4. The molecule has 0 aliphatic carbocycles. The number of carbonyl (C=O) groups is 5. The minimum atomic E-state index is -1.26. The minimum Gasteiger partial charge on any atom is -0.356 e. The zero-order valence-electron chi connectivity index (χ0n) is 23.8. The number of benzene rings is 3. The number of hydrogen-bond acceptors (Lipinski definition) is 5. The molecule has 0 aromatic heterocycles. The highest BCUT2D eigenvalue weighted by atomic mass is 16.2. The lowest BCUT2D eigenvalue weighted by Crippen LogP contribution is -2.55. The van der Waals surface area contributed by atoms with Gasteiger partial charge in [-0.2, -0.15) is 0 Å². The lowest BCUT2D eigenvalue weighted by atomic mass is 9.89. The number of rotatable bonds is 13. The summed E-state index contributed by atoms with van der Waals surface area (Å²) < 4.78 is 0. The lowest BCUT2D eigenvalue weighted by molar-refractivity contribution is -0.141. The Bertz CT molecular complexity index is 1430. The molecule has 1 aliphatic rings. The Morgan fingerprint density at radius 1 is 0.814 bits per heavy atom. The van der Waals surface area contributed by atoms with E-state index in [9.17, 15) is 24.0 Å². The van der Waals surface area contributed by atoms with Crippen molar-refractivity contribution in [3.05, 3.63) is 114 Å². The number of nitrogens with one attached hydrogen (secondary N) is 4. The van der Waals surface area contributed by atoms with Crippen molar-refractivity contribution in [2.45, 2.75) is 44.3 Å². The van der Waals surface area contributed by atoms with E-state index >= 15 is 0 Å². The topological polar surface area (TPSA) is 133 Å². The molecule has 0 radical (unpaired) electrons. The summed E-state index contributed by atoms with van der Waals surface area (Å²) in [6, 6.07) is 25.3. The second kappa shape index (κ2) is 15.8. The molecule has 0 saturated carbocycles. The van der Waals surface area contributed by atoms with Crippen molar-refractivity contribution in [1.29, 1.82) is 0 Å². The van der Waals surface area contributed by atoms with E-state index in [4.69, 9.17) is 0 Å². The normalized spacial score (nSPS) is 16.0. The molecule has 1 fully saturated rings. The zero-order valence-corrected chi connectivity index (χ0v) is 23.8. The van der Waals surface area contributed by atoms with E-state index < -0.39 is 41.5 Å². The van der Waals surface area contributed by atoms with Crippen LogP contribution >= 0.6 is 0 Å². The highest BCUT2D eigenvalue weighted by molar-refractivity contribution is 6.38. The van der Waals surface area contributed by atoms with E-state index in [2.05, 4.69) is 21.3 Å². The molecule has 0 bridgehead atoms. The van der Waals surface area contributed by atoms with Crippen LogP contribution in [0.3, 0.4) is 0 Å². The van der Waals surface area contributed by atoms with Gasteiger partial charge < -0.3 is 21.3 Å². The number of hydrogen-bond donors (Lipinski definition) is 4. The summed E-state index contributed by atoms with van der Waals surface area (Å²) >= 11 is 0. The van der Waals surface area contributed by atoms with Crippen molar-refractivity contribution in [3.63, 3.8) is 0 Å². The minimum absolute atomic E-state index is 0.0327. The number of carbonyl (C=O) groups excluding carboxylic acids is 5. The molecule has 3 atom stereocenters. The summed E-state index contributed by atoms with van der Waals surface area (Å²) in [7, 11) is 0. The Hall–Kier alpha value is -5.05. The molecule has 1 heterocycles. The van der Waals surface area contributed by atoms with Gasteiger partial charge in [0, 0.05) is 31.5 Å². The fourth-order valence-electron chi connectivity index (χ4n) is 4.89. The summed E-state index contributed by atoms with van der Waals surface area (Å²) in [5, 5.41) is 10.8. The molecule has 4 N–H and O–H groups in total. The predicted molar refractivity (Wildman–Crippen MR) is 163 cm³/mol. The average Bonchev–Trinajstić information content (AvgIpc) is 3.04. The van der Waals surface area contributed by atoms with Crippen LogP contribution in [0.25, 0.3) is 6.08 Å². The van der Waals surface area contributed by atoms with E-state index in [1.165, 1.54) is 6.08 Å². The van der Waals surface area contributed by atoms with E-state index in [1.54, 1.807) is 6.08 Å². The molecule has 3 aromatic rings. The Labute approximate surface area is 251 Å². The molecule has 0 spiro atoms. The first-order valence-corrected chi connectivity index (χ1v) is 14.4. The maximum absolute atomic E-state index is 13.7. The van der Waals surface area contributed by atoms with Crippen LogP contribution in [0.4, 0.5) is 0 Å². The Morgan fingerprint density at radius 3 is 2.09 bits per heavy atom. The third kappa shape index (κ3) is 9.78. The van der Waals surface area contributed by atoms with Crippen molar-refractivity contribution in [2.75, 3.05) is 6.54 Å². The molecular weight excluding hydrogens is 544 g/mol. The number of ketones is 1. The van der Waals surface area contributed by atoms with Gasteiger partial charge in [0.15, 0.2) is 0 Å². The molecule has 222 valence electrons. The van der Waals surface area contributed by atoms with Gasteiger partial charge in [-0.3, -0.25) is 24.0 Å². The number of Topliss-reactive ketones (excluding diaryl/α,β-unsaturated/α-hetero) is 1. The van der Waals surface area contributed by atoms with Crippen LogP contribution in [-0.4, -0.2) is 48.0 Å². The third-order valence-corrected chi connectivity index (χ3v) is 7.21. The first kappa shape index (κ1) is 30.9. The average molecular weight is 581 g/mol.